The van der Waals surface area contributed by atoms with Gasteiger partial charge in [0.2, 0.25) is 5.79 Å². The summed E-state index contributed by atoms with van der Waals surface area (Å²) in [6.07, 6.45) is -2.53. The van der Waals surface area contributed by atoms with Crippen LogP contribution in [0.25, 0.3) is 0 Å². The van der Waals surface area contributed by atoms with Crippen molar-refractivity contribution in [2.45, 2.75) is 18.0 Å². The Kier molecular flexibility index (Phi) is 1.93. The number of ether oxygens (including phenoxy) is 1. The SMILES string of the molecule is OC[C@@]1(O)OC[C@H](O)[C@@H]1O. The lowest BCUT2D eigenvalue weighted by atomic mass is 10.1. The van der Waals surface area contributed by atoms with Gasteiger partial charge in [-0.15, -0.1) is 0 Å². The van der Waals surface area contributed by atoms with Gasteiger partial charge in [-0.05, 0) is 0 Å². The fourth-order valence-electron chi connectivity index (χ4n) is 0.846. The summed E-state index contributed by atoms with van der Waals surface area (Å²) in [5, 5.41) is 35.3. The highest BCUT2D eigenvalue weighted by Crippen LogP contribution is 2.22. The molecular weight excluding hydrogens is 140 g/mol. The molecule has 0 aromatic heterocycles. The van der Waals surface area contributed by atoms with Crippen LogP contribution in [0, 0.1) is 0 Å². The standard InChI is InChI=1S/C5H10O5/c6-2-5(9)4(8)3(7)1-10-5/h3-4,6-9H,1-2H2/t3-,4-,5+/m0/s1. The minimum Gasteiger partial charge on any atom is -0.391 e. The fourth-order valence-corrected chi connectivity index (χ4v) is 0.846. The Morgan fingerprint density at radius 1 is 1.50 bits per heavy atom. The third-order valence-electron chi connectivity index (χ3n) is 1.56. The van der Waals surface area contributed by atoms with E-state index in [1.54, 1.807) is 0 Å². The van der Waals surface area contributed by atoms with Crippen LogP contribution in [-0.2, 0) is 4.74 Å². The average molecular weight is 150 g/mol. The molecule has 0 aromatic rings. The Morgan fingerprint density at radius 2 is 2.10 bits per heavy atom. The maximum atomic E-state index is 9.06. The Bertz CT molecular complexity index is 127. The molecule has 1 aliphatic heterocycles. The molecule has 0 aliphatic carbocycles. The highest BCUT2D eigenvalue weighted by Gasteiger charge is 2.47. The van der Waals surface area contributed by atoms with Crippen molar-refractivity contribution in [1.82, 2.24) is 0 Å². The van der Waals surface area contributed by atoms with Crippen molar-refractivity contribution in [2.24, 2.45) is 0 Å². The molecule has 5 heteroatoms. The molecule has 1 rings (SSSR count). The Labute approximate surface area is 57.5 Å². The molecule has 0 saturated carbocycles. The smallest absolute Gasteiger partial charge is 0.218 e. The van der Waals surface area contributed by atoms with E-state index in [1.165, 1.54) is 0 Å². The molecule has 0 spiro atoms. The first-order chi connectivity index (χ1) is 4.60. The van der Waals surface area contributed by atoms with E-state index in [-0.39, 0.29) is 6.61 Å². The van der Waals surface area contributed by atoms with Gasteiger partial charge in [0.25, 0.3) is 0 Å². The molecule has 1 heterocycles. The fraction of sp³-hybridized carbons (Fsp3) is 1.00. The average Bonchev–Trinajstić information content (AvgIpc) is 2.19. The number of hydrogen-bond acceptors (Lipinski definition) is 5. The minimum absolute atomic E-state index is 0.155. The highest BCUT2D eigenvalue weighted by molar-refractivity contribution is 4.88. The van der Waals surface area contributed by atoms with Crippen LogP contribution in [0.4, 0.5) is 0 Å². The molecular formula is C5H10O5. The van der Waals surface area contributed by atoms with Crippen molar-refractivity contribution in [1.29, 1.82) is 0 Å². The summed E-state index contributed by atoms with van der Waals surface area (Å²) in [4.78, 5) is 0. The molecule has 0 aromatic carbocycles. The maximum absolute atomic E-state index is 9.06. The van der Waals surface area contributed by atoms with E-state index >= 15 is 0 Å². The zero-order valence-electron chi connectivity index (χ0n) is 5.27. The zero-order valence-corrected chi connectivity index (χ0v) is 5.27. The first-order valence-corrected chi connectivity index (χ1v) is 2.93. The summed E-state index contributed by atoms with van der Waals surface area (Å²) in [5.41, 5.74) is 0. The molecule has 4 N–H and O–H groups in total. The van der Waals surface area contributed by atoms with E-state index in [0.717, 1.165) is 0 Å². The first-order valence-electron chi connectivity index (χ1n) is 2.93. The molecule has 0 bridgehead atoms. The van der Waals surface area contributed by atoms with Crippen molar-refractivity contribution in [3.63, 3.8) is 0 Å². The first kappa shape index (κ1) is 7.90. The number of rotatable bonds is 1. The molecule has 0 unspecified atom stereocenters. The monoisotopic (exact) mass is 150 g/mol. The van der Waals surface area contributed by atoms with Crippen LogP contribution >= 0.6 is 0 Å². The third-order valence-corrected chi connectivity index (χ3v) is 1.56. The van der Waals surface area contributed by atoms with Crippen LogP contribution in [0.3, 0.4) is 0 Å². The lowest BCUT2D eigenvalue weighted by molar-refractivity contribution is -0.234. The minimum atomic E-state index is -1.97. The van der Waals surface area contributed by atoms with Gasteiger partial charge in [-0.1, -0.05) is 0 Å². The van der Waals surface area contributed by atoms with Gasteiger partial charge < -0.3 is 25.2 Å². The van der Waals surface area contributed by atoms with Crippen LogP contribution in [-0.4, -0.2) is 51.6 Å². The zero-order chi connectivity index (χ0) is 7.78. The molecule has 5 nitrogen and oxygen atoms in total. The van der Waals surface area contributed by atoms with Crippen molar-refractivity contribution >= 4 is 0 Å². The Morgan fingerprint density at radius 3 is 2.30 bits per heavy atom. The van der Waals surface area contributed by atoms with Gasteiger partial charge >= 0.3 is 0 Å². The summed E-state index contributed by atoms with van der Waals surface area (Å²) < 4.78 is 4.52. The second-order valence-electron chi connectivity index (χ2n) is 2.33. The predicted molar refractivity (Wildman–Crippen MR) is 30.0 cm³/mol. The Balaban J connectivity index is 2.64. The number of hydrogen-bond donors (Lipinski definition) is 4. The summed E-state index contributed by atoms with van der Waals surface area (Å²) >= 11 is 0. The molecule has 10 heavy (non-hydrogen) atoms. The van der Waals surface area contributed by atoms with Crippen LogP contribution < -0.4 is 0 Å². The van der Waals surface area contributed by atoms with Gasteiger partial charge in [-0.25, -0.2) is 0 Å². The highest BCUT2D eigenvalue weighted by atomic mass is 16.7. The van der Waals surface area contributed by atoms with Crippen LogP contribution in [0.5, 0.6) is 0 Å². The summed E-state index contributed by atoms with van der Waals surface area (Å²) in [5.74, 6) is -1.97. The topological polar surface area (TPSA) is 90.2 Å². The van der Waals surface area contributed by atoms with Crippen LogP contribution in [0.2, 0.25) is 0 Å². The molecule has 1 fully saturated rings. The summed E-state index contributed by atoms with van der Waals surface area (Å²) in [7, 11) is 0. The van der Waals surface area contributed by atoms with Gasteiger partial charge in [0.1, 0.15) is 12.2 Å². The lowest BCUT2D eigenvalue weighted by Crippen LogP contribution is -2.46. The van der Waals surface area contributed by atoms with Gasteiger partial charge in [-0.3, -0.25) is 0 Å². The van der Waals surface area contributed by atoms with Gasteiger partial charge in [0.15, 0.2) is 0 Å². The van der Waals surface area contributed by atoms with E-state index < -0.39 is 24.6 Å². The molecule has 1 aliphatic rings. The third kappa shape index (κ3) is 1.02. The van der Waals surface area contributed by atoms with Gasteiger partial charge in [0, 0.05) is 0 Å². The van der Waals surface area contributed by atoms with Crippen molar-refractivity contribution in [3.05, 3.63) is 0 Å². The maximum Gasteiger partial charge on any atom is 0.218 e. The van der Waals surface area contributed by atoms with Crippen LogP contribution in [0.1, 0.15) is 0 Å². The van der Waals surface area contributed by atoms with Gasteiger partial charge in [-0.2, -0.15) is 0 Å². The number of aliphatic hydroxyl groups is 4. The molecule has 1 saturated heterocycles. The van der Waals surface area contributed by atoms with Crippen molar-refractivity contribution in [3.8, 4) is 0 Å². The largest absolute Gasteiger partial charge is 0.391 e. The second kappa shape index (κ2) is 2.44. The Hall–Kier alpha value is -0.200. The van der Waals surface area contributed by atoms with Crippen molar-refractivity contribution < 1.29 is 25.2 Å². The molecule has 0 amide bonds. The van der Waals surface area contributed by atoms with E-state index in [0.29, 0.717) is 0 Å². The van der Waals surface area contributed by atoms with E-state index in [4.69, 9.17) is 20.4 Å². The molecule has 0 radical (unpaired) electrons. The predicted octanol–water partition coefficient (Wildman–Crippen LogP) is -2.58. The van der Waals surface area contributed by atoms with Crippen molar-refractivity contribution in [2.75, 3.05) is 13.2 Å². The summed E-state index contributed by atoms with van der Waals surface area (Å²) in [6, 6.07) is 0. The lowest BCUT2D eigenvalue weighted by Gasteiger charge is -2.22. The van der Waals surface area contributed by atoms with Gasteiger partial charge in [0.05, 0.1) is 13.2 Å². The van der Waals surface area contributed by atoms with Crippen LogP contribution in [0.15, 0.2) is 0 Å². The summed E-state index contributed by atoms with van der Waals surface area (Å²) in [6.45, 7) is -0.872. The van der Waals surface area contributed by atoms with E-state index in [9.17, 15) is 0 Å². The molecule has 3 atom stereocenters. The molecule has 60 valence electrons. The second-order valence-corrected chi connectivity index (χ2v) is 2.33. The normalized spacial score (nSPS) is 48.0. The van der Waals surface area contributed by atoms with E-state index in [1.807, 2.05) is 0 Å². The number of aliphatic hydroxyl groups excluding tert-OH is 3. The van der Waals surface area contributed by atoms with E-state index in [2.05, 4.69) is 4.74 Å². The quantitative estimate of drug-likeness (QED) is 0.329.